The molecule has 108 valence electrons. The first-order valence-electron chi connectivity index (χ1n) is 6.20. The molecule has 1 N–H and O–H groups in total. The molecule has 0 atom stereocenters. The van der Waals surface area contributed by atoms with Crippen molar-refractivity contribution >= 4 is 39.5 Å². The Hall–Kier alpha value is -1.92. The Bertz CT molecular complexity index is 827. The van der Waals surface area contributed by atoms with Crippen LogP contribution in [0.15, 0.2) is 29.8 Å². The molecule has 21 heavy (non-hydrogen) atoms. The second-order valence-electron chi connectivity index (χ2n) is 4.61. The minimum atomic E-state index is -0.438. The maximum absolute atomic E-state index is 13.0. The van der Waals surface area contributed by atoms with E-state index in [1.54, 1.807) is 0 Å². The van der Waals surface area contributed by atoms with Gasteiger partial charge >= 0.3 is 0 Å². The van der Waals surface area contributed by atoms with Gasteiger partial charge in [0, 0.05) is 17.3 Å². The third-order valence-corrected chi connectivity index (χ3v) is 4.15. The fourth-order valence-corrected chi connectivity index (χ4v) is 3.15. The van der Waals surface area contributed by atoms with E-state index >= 15 is 0 Å². The van der Waals surface area contributed by atoms with E-state index in [1.165, 1.54) is 29.5 Å². The van der Waals surface area contributed by atoms with Crippen molar-refractivity contribution in [2.75, 3.05) is 5.32 Å². The van der Waals surface area contributed by atoms with Crippen molar-refractivity contribution < 1.29 is 9.18 Å². The molecule has 0 bridgehead atoms. The third-order valence-electron chi connectivity index (χ3n) is 2.95. The number of thiazole rings is 1. The van der Waals surface area contributed by atoms with Gasteiger partial charge in [0.2, 0.25) is 5.91 Å². The molecule has 0 aliphatic carbocycles. The summed E-state index contributed by atoms with van der Waals surface area (Å²) in [7, 11) is 0. The Morgan fingerprint density at radius 2 is 2.33 bits per heavy atom. The third kappa shape index (κ3) is 2.91. The van der Waals surface area contributed by atoms with E-state index in [0.29, 0.717) is 5.69 Å². The first kappa shape index (κ1) is 14.0. The molecular formula is C14H11ClFN3OS. The molecule has 0 fully saturated rings. The van der Waals surface area contributed by atoms with Crippen molar-refractivity contribution in [3.8, 4) is 0 Å². The van der Waals surface area contributed by atoms with Crippen LogP contribution in [0, 0.1) is 12.7 Å². The predicted octanol–water partition coefficient (Wildman–Crippen LogP) is 3.68. The van der Waals surface area contributed by atoms with Gasteiger partial charge in [0.1, 0.15) is 5.82 Å². The number of nitrogens with one attached hydrogen (secondary N) is 1. The molecule has 0 aliphatic heterocycles. The molecule has 0 saturated carbocycles. The van der Waals surface area contributed by atoms with E-state index in [1.807, 2.05) is 22.9 Å². The molecule has 3 aromatic rings. The Labute approximate surface area is 129 Å². The fraction of sp³-hybridized carbons (Fsp3) is 0.143. The van der Waals surface area contributed by atoms with E-state index in [4.69, 9.17) is 11.6 Å². The minimum Gasteiger partial charge on any atom is -0.324 e. The van der Waals surface area contributed by atoms with Crippen molar-refractivity contribution in [3.05, 3.63) is 52.0 Å². The summed E-state index contributed by atoms with van der Waals surface area (Å²) in [6.45, 7) is 1.90. The van der Waals surface area contributed by atoms with Gasteiger partial charge in [-0.25, -0.2) is 9.37 Å². The Morgan fingerprint density at radius 3 is 3.10 bits per heavy atom. The standard InChI is InChI=1S/C14H11ClFN3OS/c1-8-6-19-10(7-21-14(19)17-8)5-13(20)18-12-3-2-9(16)4-11(12)15/h2-4,6-7H,5H2,1H3,(H,18,20). The highest BCUT2D eigenvalue weighted by atomic mass is 35.5. The predicted molar refractivity (Wildman–Crippen MR) is 81.5 cm³/mol. The van der Waals surface area contributed by atoms with Crippen LogP contribution in [-0.4, -0.2) is 15.3 Å². The largest absolute Gasteiger partial charge is 0.324 e. The van der Waals surface area contributed by atoms with E-state index in [-0.39, 0.29) is 17.4 Å². The highest BCUT2D eigenvalue weighted by Gasteiger charge is 2.12. The van der Waals surface area contributed by atoms with Gasteiger partial charge < -0.3 is 5.32 Å². The summed E-state index contributed by atoms with van der Waals surface area (Å²) in [5, 5.41) is 4.76. The zero-order valence-electron chi connectivity index (χ0n) is 11.1. The first-order valence-corrected chi connectivity index (χ1v) is 7.45. The second-order valence-corrected chi connectivity index (χ2v) is 5.85. The van der Waals surface area contributed by atoms with Crippen molar-refractivity contribution in [2.45, 2.75) is 13.3 Å². The maximum atomic E-state index is 13.0. The average molecular weight is 324 g/mol. The van der Waals surface area contributed by atoms with Gasteiger partial charge in [-0.2, -0.15) is 0 Å². The van der Waals surface area contributed by atoms with Gasteiger partial charge in [0.15, 0.2) is 4.96 Å². The number of rotatable bonds is 3. The molecule has 1 aromatic carbocycles. The molecule has 4 nitrogen and oxygen atoms in total. The van der Waals surface area contributed by atoms with Crippen molar-refractivity contribution in [1.29, 1.82) is 0 Å². The number of halogens is 2. The maximum Gasteiger partial charge on any atom is 0.230 e. The summed E-state index contributed by atoms with van der Waals surface area (Å²) in [5.74, 6) is -0.652. The quantitative estimate of drug-likeness (QED) is 0.799. The summed E-state index contributed by atoms with van der Waals surface area (Å²) >= 11 is 7.37. The van der Waals surface area contributed by atoms with Crippen LogP contribution in [0.2, 0.25) is 5.02 Å². The number of hydrogen-bond acceptors (Lipinski definition) is 3. The van der Waals surface area contributed by atoms with Crippen LogP contribution in [0.1, 0.15) is 11.4 Å². The molecule has 2 aromatic heterocycles. The minimum absolute atomic E-state index is 0.178. The lowest BCUT2D eigenvalue weighted by atomic mass is 10.2. The number of benzene rings is 1. The molecular weight excluding hydrogens is 313 g/mol. The lowest BCUT2D eigenvalue weighted by Crippen LogP contribution is -2.15. The molecule has 0 saturated heterocycles. The molecule has 7 heteroatoms. The van der Waals surface area contributed by atoms with Crippen LogP contribution >= 0.6 is 22.9 Å². The Morgan fingerprint density at radius 1 is 1.52 bits per heavy atom. The molecule has 3 rings (SSSR count). The zero-order valence-corrected chi connectivity index (χ0v) is 12.6. The van der Waals surface area contributed by atoms with E-state index in [2.05, 4.69) is 10.3 Å². The lowest BCUT2D eigenvalue weighted by molar-refractivity contribution is -0.115. The molecule has 2 heterocycles. The smallest absolute Gasteiger partial charge is 0.230 e. The number of fused-ring (bicyclic) bond motifs is 1. The van der Waals surface area contributed by atoms with Gasteiger partial charge in [0.05, 0.1) is 22.8 Å². The SMILES string of the molecule is Cc1cn2c(CC(=O)Nc3ccc(F)cc3Cl)csc2n1. The monoisotopic (exact) mass is 323 g/mol. The van der Waals surface area contributed by atoms with E-state index in [9.17, 15) is 9.18 Å². The van der Waals surface area contributed by atoms with Crippen molar-refractivity contribution in [1.82, 2.24) is 9.38 Å². The number of carbonyl (C=O) groups is 1. The number of amides is 1. The van der Waals surface area contributed by atoms with Crippen LogP contribution in [0.3, 0.4) is 0 Å². The summed E-state index contributed by atoms with van der Waals surface area (Å²) in [5.41, 5.74) is 2.16. The summed E-state index contributed by atoms with van der Waals surface area (Å²) in [4.78, 5) is 17.3. The van der Waals surface area contributed by atoms with Gasteiger partial charge in [-0.3, -0.25) is 9.20 Å². The van der Waals surface area contributed by atoms with Crippen molar-refractivity contribution in [3.63, 3.8) is 0 Å². The summed E-state index contributed by atoms with van der Waals surface area (Å²) < 4.78 is 14.9. The number of aromatic nitrogens is 2. The highest BCUT2D eigenvalue weighted by Crippen LogP contribution is 2.23. The zero-order chi connectivity index (χ0) is 15.0. The van der Waals surface area contributed by atoms with Gasteiger partial charge in [-0.1, -0.05) is 11.6 Å². The molecule has 1 amide bonds. The van der Waals surface area contributed by atoms with Crippen LogP contribution in [-0.2, 0) is 11.2 Å². The molecule has 0 aliphatic rings. The van der Waals surface area contributed by atoms with Gasteiger partial charge in [-0.15, -0.1) is 11.3 Å². The van der Waals surface area contributed by atoms with E-state index in [0.717, 1.165) is 16.3 Å². The van der Waals surface area contributed by atoms with Gasteiger partial charge in [0.25, 0.3) is 0 Å². The number of aryl methyl sites for hydroxylation is 1. The van der Waals surface area contributed by atoms with Gasteiger partial charge in [-0.05, 0) is 25.1 Å². The highest BCUT2D eigenvalue weighted by molar-refractivity contribution is 7.15. The second kappa shape index (κ2) is 5.46. The van der Waals surface area contributed by atoms with Crippen LogP contribution < -0.4 is 5.32 Å². The molecule has 0 radical (unpaired) electrons. The Kier molecular flexibility index (Phi) is 3.65. The number of nitrogens with zero attached hydrogens (tertiary/aromatic N) is 2. The molecule has 0 spiro atoms. The number of hydrogen-bond donors (Lipinski definition) is 1. The van der Waals surface area contributed by atoms with Crippen LogP contribution in [0.4, 0.5) is 10.1 Å². The number of imidazole rings is 1. The Balaban J connectivity index is 1.77. The number of anilines is 1. The lowest BCUT2D eigenvalue weighted by Gasteiger charge is -2.06. The van der Waals surface area contributed by atoms with Crippen LogP contribution in [0.5, 0.6) is 0 Å². The van der Waals surface area contributed by atoms with E-state index < -0.39 is 5.82 Å². The van der Waals surface area contributed by atoms with Crippen molar-refractivity contribution in [2.24, 2.45) is 0 Å². The summed E-state index contributed by atoms with van der Waals surface area (Å²) in [6, 6.07) is 3.86. The topological polar surface area (TPSA) is 46.4 Å². The fourth-order valence-electron chi connectivity index (χ4n) is 2.02. The first-order chi connectivity index (χ1) is 10.0. The normalized spacial score (nSPS) is 11.0. The van der Waals surface area contributed by atoms with Crippen LogP contribution in [0.25, 0.3) is 4.96 Å². The molecule has 0 unspecified atom stereocenters. The number of carbonyl (C=O) groups excluding carboxylic acids is 1. The summed E-state index contributed by atoms with van der Waals surface area (Å²) in [6.07, 6.45) is 2.09. The average Bonchev–Trinajstić information content (AvgIpc) is 2.94.